The van der Waals surface area contributed by atoms with Crippen LogP contribution in [0.5, 0.6) is 11.5 Å². The lowest BCUT2D eigenvalue weighted by Gasteiger charge is -2.36. The van der Waals surface area contributed by atoms with Crippen molar-refractivity contribution in [2.45, 2.75) is 31.0 Å². The second kappa shape index (κ2) is 12.7. The molecule has 0 fully saturated rings. The van der Waals surface area contributed by atoms with E-state index in [-0.39, 0.29) is 6.61 Å². The fraction of sp³-hybridized carbons (Fsp3) is 0.333. The van der Waals surface area contributed by atoms with Crippen LogP contribution in [-0.4, -0.2) is 38.6 Å². The molecule has 7 heteroatoms. The number of hydrogen-bond acceptors (Lipinski definition) is 5. The first-order valence-corrected chi connectivity index (χ1v) is 11.3. The number of unbranched alkanes of at least 4 members (excludes halogenated alkanes) is 1. The van der Waals surface area contributed by atoms with Crippen molar-refractivity contribution in [2.24, 2.45) is 5.11 Å². The van der Waals surface area contributed by atoms with Crippen LogP contribution < -0.4 is 9.47 Å². The number of methoxy groups -OCH3 is 2. The van der Waals surface area contributed by atoms with Gasteiger partial charge in [-0.15, -0.1) is 0 Å². The van der Waals surface area contributed by atoms with Gasteiger partial charge in [0, 0.05) is 11.5 Å². The van der Waals surface area contributed by atoms with Crippen LogP contribution in [0.25, 0.3) is 10.4 Å². The van der Waals surface area contributed by atoms with Gasteiger partial charge in [0.2, 0.25) is 0 Å². The molecule has 1 N–H and O–H groups in total. The molecule has 0 amide bonds. The Hall–Kier alpha value is -3.51. The molecule has 0 saturated carbocycles. The number of benzene rings is 3. The van der Waals surface area contributed by atoms with Gasteiger partial charge in [-0.25, -0.2) is 0 Å². The second-order valence-corrected chi connectivity index (χ2v) is 7.92. The van der Waals surface area contributed by atoms with E-state index in [0.717, 1.165) is 41.0 Å². The van der Waals surface area contributed by atoms with Gasteiger partial charge in [0.15, 0.2) is 0 Å². The van der Waals surface area contributed by atoms with Crippen LogP contribution in [-0.2, 0) is 10.3 Å². The van der Waals surface area contributed by atoms with Gasteiger partial charge in [0.25, 0.3) is 0 Å². The summed E-state index contributed by atoms with van der Waals surface area (Å²) in [7, 11) is 3.27. The van der Waals surface area contributed by atoms with Gasteiger partial charge in [0.1, 0.15) is 17.1 Å². The van der Waals surface area contributed by atoms with E-state index in [2.05, 4.69) is 10.0 Å². The Labute approximate surface area is 200 Å². The third-order valence-corrected chi connectivity index (χ3v) is 5.77. The van der Waals surface area contributed by atoms with E-state index in [9.17, 15) is 5.11 Å². The van der Waals surface area contributed by atoms with Crippen LogP contribution in [0.3, 0.4) is 0 Å². The molecule has 7 nitrogen and oxygen atoms in total. The Morgan fingerprint density at radius 2 is 1.35 bits per heavy atom. The van der Waals surface area contributed by atoms with Crippen LogP contribution in [0.2, 0.25) is 0 Å². The molecule has 34 heavy (non-hydrogen) atoms. The van der Waals surface area contributed by atoms with E-state index < -0.39 is 11.7 Å². The Kier molecular flexibility index (Phi) is 9.35. The minimum Gasteiger partial charge on any atom is -0.497 e. The number of nitrogens with zero attached hydrogens (tertiary/aromatic N) is 3. The van der Waals surface area contributed by atoms with E-state index in [0.29, 0.717) is 13.0 Å². The van der Waals surface area contributed by atoms with Gasteiger partial charge in [-0.05, 0) is 59.3 Å². The van der Waals surface area contributed by atoms with Gasteiger partial charge in [-0.1, -0.05) is 66.1 Å². The standard InChI is InChI=1S/C27H31N3O4/c1-32-25-15-11-22(12-16-25)27(21-8-4-3-5-9-21,23-13-17-26(33-2)18-14-23)34-20-24(31)10-6-7-19-29-30-28/h3-5,8-9,11-18,24,31H,6-7,10,19-20H2,1-2H3. The monoisotopic (exact) mass is 461 g/mol. The Morgan fingerprint density at radius 1 is 0.824 bits per heavy atom. The van der Waals surface area contributed by atoms with E-state index in [1.54, 1.807) is 14.2 Å². The van der Waals surface area contributed by atoms with Crippen molar-refractivity contribution in [3.05, 3.63) is 106 Å². The summed E-state index contributed by atoms with van der Waals surface area (Å²) in [5, 5.41) is 14.3. The quantitative estimate of drug-likeness (QED) is 0.113. The zero-order valence-electron chi connectivity index (χ0n) is 19.6. The minimum absolute atomic E-state index is 0.133. The SMILES string of the molecule is COc1ccc(C(OCC(O)CCCCN=[N+]=[N-])(c2ccccc2)c2ccc(OC)cc2)cc1. The molecule has 0 spiro atoms. The molecule has 0 aliphatic rings. The Morgan fingerprint density at radius 3 is 1.85 bits per heavy atom. The Bertz CT molecular complexity index is 1000. The van der Waals surface area contributed by atoms with Gasteiger partial charge >= 0.3 is 0 Å². The highest BCUT2D eigenvalue weighted by atomic mass is 16.5. The van der Waals surface area contributed by atoms with Gasteiger partial charge in [-0.2, -0.15) is 0 Å². The van der Waals surface area contributed by atoms with Crippen molar-refractivity contribution >= 4 is 0 Å². The molecule has 0 aliphatic carbocycles. The van der Waals surface area contributed by atoms with Crippen molar-refractivity contribution < 1.29 is 19.3 Å². The smallest absolute Gasteiger partial charge is 0.143 e. The van der Waals surface area contributed by atoms with Gasteiger partial charge in [-0.3, -0.25) is 0 Å². The highest BCUT2D eigenvalue weighted by molar-refractivity contribution is 5.49. The highest BCUT2D eigenvalue weighted by Crippen LogP contribution is 2.41. The zero-order chi connectivity index (χ0) is 24.2. The molecule has 0 aliphatic heterocycles. The summed E-state index contributed by atoms with van der Waals surface area (Å²) in [5.41, 5.74) is 10.2. The lowest BCUT2D eigenvalue weighted by Crippen LogP contribution is -2.35. The summed E-state index contributed by atoms with van der Waals surface area (Å²) in [4.78, 5) is 2.77. The number of rotatable bonds is 13. The number of aliphatic hydroxyl groups is 1. The lowest BCUT2D eigenvalue weighted by atomic mass is 9.80. The molecule has 0 bridgehead atoms. The topological polar surface area (TPSA) is 96.7 Å². The predicted octanol–water partition coefficient (Wildman–Crippen LogP) is 5.85. The number of azide groups is 1. The number of aliphatic hydroxyl groups excluding tert-OH is 1. The molecule has 0 aromatic heterocycles. The van der Waals surface area contributed by atoms with Crippen molar-refractivity contribution in [1.82, 2.24) is 0 Å². The molecule has 0 radical (unpaired) electrons. The highest BCUT2D eigenvalue weighted by Gasteiger charge is 2.38. The third kappa shape index (κ3) is 6.08. The number of hydrogen-bond donors (Lipinski definition) is 1. The molecule has 1 atom stereocenters. The van der Waals surface area contributed by atoms with Crippen LogP contribution in [0, 0.1) is 0 Å². The van der Waals surface area contributed by atoms with Crippen LogP contribution in [0.1, 0.15) is 36.0 Å². The maximum atomic E-state index is 10.7. The summed E-state index contributed by atoms with van der Waals surface area (Å²) >= 11 is 0. The molecule has 3 rings (SSSR count). The van der Waals surface area contributed by atoms with Gasteiger partial charge < -0.3 is 19.3 Å². The molecule has 1 unspecified atom stereocenters. The molecular formula is C27H31N3O4. The van der Waals surface area contributed by atoms with E-state index in [1.165, 1.54) is 0 Å². The summed E-state index contributed by atoms with van der Waals surface area (Å²) < 4.78 is 17.4. The van der Waals surface area contributed by atoms with Crippen molar-refractivity contribution in [3.63, 3.8) is 0 Å². The number of ether oxygens (including phenoxy) is 3. The van der Waals surface area contributed by atoms with Crippen molar-refractivity contribution in [3.8, 4) is 11.5 Å². The average molecular weight is 462 g/mol. The molecular weight excluding hydrogens is 430 g/mol. The first-order valence-electron chi connectivity index (χ1n) is 11.3. The maximum absolute atomic E-state index is 10.7. The largest absolute Gasteiger partial charge is 0.497 e. The molecule has 3 aromatic carbocycles. The molecule has 0 saturated heterocycles. The minimum atomic E-state index is -0.952. The van der Waals surface area contributed by atoms with Crippen molar-refractivity contribution in [1.29, 1.82) is 0 Å². The van der Waals surface area contributed by atoms with Crippen LogP contribution in [0.15, 0.2) is 84.0 Å². The van der Waals surface area contributed by atoms with E-state index in [1.807, 2.05) is 78.9 Å². The molecule has 0 heterocycles. The summed E-state index contributed by atoms with van der Waals surface area (Å²) in [5.74, 6) is 1.50. The Balaban J connectivity index is 1.99. The molecule has 3 aromatic rings. The van der Waals surface area contributed by atoms with E-state index in [4.69, 9.17) is 19.7 Å². The predicted molar refractivity (Wildman–Crippen MR) is 132 cm³/mol. The van der Waals surface area contributed by atoms with Crippen LogP contribution in [0.4, 0.5) is 0 Å². The summed E-state index contributed by atoms with van der Waals surface area (Å²) in [6.45, 7) is 0.560. The first-order chi connectivity index (χ1) is 16.6. The molecule has 178 valence electrons. The second-order valence-electron chi connectivity index (χ2n) is 7.92. The lowest BCUT2D eigenvalue weighted by molar-refractivity contribution is -0.0405. The average Bonchev–Trinajstić information content (AvgIpc) is 2.90. The van der Waals surface area contributed by atoms with E-state index >= 15 is 0 Å². The fourth-order valence-electron chi connectivity index (χ4n) is 3.99. The third-order valence-electron chi connectivity index (χ3n) is 5.77. The zero-order valence-corrected chi connectivity index (χ0v) is 19.6. The maximum Gasteiger partial charge on any atom is 0.143 e. The fourth-order valence-corrected chi connectivity index (χ4v) is 3.99. The van der Waals surface area contributed by atoms with Crippen molar-refractivity contribution in [2.75, 3.05) is 27.4 Å². The van der Waals surface area contributed by atoms with Gasteiger partial charge in [0.05, 0.1) is 26.9 Å². The normalized spacial score (nSPS) is 12.0. The summed E-state index contributed by atoms with van der Waals surface area (Å²) in [6.07, 6.45) is 1.36. The van der Waals surface area contributed by atoms with Crippen LogP contribution >= 0.6 is 0 Å². The summed E-state index contributed by atoms with van der Waals surface area (Å²) in [6, 6.07) is 25.6. The first kappa shape index (κ1) is 25.1.